The molecule has 0 spiro atoms. The molecule has 3 N–H and O–H groups in total. The topological polar surface area (TPSA) is 84.9 Å². The summed E-state index contributed by atoms with van der Waals surface area (Å²) in [5.74, 6) is 1.02. The summed E-state index contributed by atoms with van der Waals surface area (Å²) in [7, 11) is 1.85. The van der Waals surface area contributed by atoms with E-state index in [0.717, 1.165) is 37.1 Å². The molecule has 1 aliphatic rings. The Hall–Kier alpha value is -2.19. The normalized spacial score (nSPS) is 16.2. The molecule has 0 fully saturated rings. The van der Waals surface area contributed by atoms with Gasteiger partial charge in [0.05, 0.1) is 11.6 Å². The summed E-state index contributed by atoms with van der Waals surface area (Å²) in [6.07, 6.45) is 2.84. The third kappa shape index (κ3) is 2.71. The molecule has 3 aromatic heterocycles. The van der Waals surface area contributed by atoms with Crippen molar-refractivity contribution < 1.29 is 0 Å². The van der Waals surface area contributed by atoms with Gasteiger partial charge in [0.25, 0.3) is 0 Å². The Kier molecular flexibility index (Phi) is 3.85. The van der Waals surface area contributed by atoms with E-state index >= 15 is 0 Å². The van der Waals surface area contributed by atoms with Crippen LogP contribution in [0.25, 0.3) is 11.0 Å². The molecule has 3 aromatic rings. The van der Waals surface area contributed by atoms with Gasteiger partial charge in [0.2, 0.25) is 5.95 Å². The Balaban J connectivity index is 1.44. The van der Waals surface area contributed by atoms with E-state index in [-0.39, 0.29) is 0 Å². The molecule has 0 saturated heterocycles. The molecule has 0 aliphatic carbocycles. The van der Waals surface area contributed by atoms with Gasteiger partial charge >= 0.3 is 0 Å². The van der Waals surface area contributed by atoms with Crippen LogP contribution in [0.15, 0.2) is 17.6 Å². The maximum atomic E-state index is 6.01. The van der Waals surface area contributed by atoms with Crippen LogP contribution >= 0.6 is 11.3 Å². The van der Waals surface area contributed by atoms with E-state index in [4.69, 9.17) is 5.73 Å². The number of aryl methyl sites for hydroxylation is 1. The number of anilines is 2. The van der Waals surface area contributed by atoms with Gasteiger partial charge in [-0.05, 0) is 30.4 Å². The highest BCUT2D eigenvalue weighted by Crippen LogP contribution is 2.25. The van der Waals surface area contributed by atoms with Crippen LogP contribution in [-0.2, 0) is 20.0 Å². The molecule has 1 atom stereocenters. The highest BCUT2D eigenvalue weighted by Gasteiger charge is 2.21. The second-order valence-electron chi connectivity index (χ2n) is 6.26. The quantitative estimate of drug-likeness (QED) is 0.752. The minimum Gasteiger partial charge on any atom is -0.383 e. The summed E-state index contributed by atoms with van der Waals surface area (Å²) in [5, 5.41) is 10.5. The SMILES string of the molecule is CC(CNc1nc(N)c2cnn(C)c2n1)N1CCc2sccc2C1. The second-order valence-corrected chi connectivity index (χ2v) is 7.26. The highest BCUT2D eigenvalue weighted by atomic mass is 32.1. The molecule has 0 amide bonds. The monoisotopic (exact) mass is 343 g/mol. The van der Waals surface area contributed by atoms with Crippen molar-refractivity contribution in [3.63, 3.8) is 0 Å². The number of nitrogen functional groups attached to an aromatic ring is 1. The molecule has 0 aromatic carbocycles. The van der Waals surface area contributed by atoms with E-state index < -0.39 is 0 Å². The number of thiophene rings is 1. The maximum absolute atomic E-state index is 6.01. The third-order valence-electron chi connectivity index (χ3n) is 4.64. The van der Waals surface area contributed by atoms with Crippen LogP contribution in [0.3, 0.4) is 0 Å². The van der Waals surface area contributed by atoms with Gasteiger partial charge in [-0.2, -0.15) is 15.1 Å². The van der Waals surface area contributed by atoms with Crippen molar-refractivity contribution >= 4 is 34.1 Å². The fourth-order valence-electron chi connectivity index (χ4n) is 3.14. The van der Waals surface area contributed by atoms with E-state index in [1.807, 2.05) is 18.4 Å². The number of aromatic nitrogens is 4. The zero-order valence-electron chi connectivity index (χ0n) is 13.9. The second kappa shape index (κ2) is 6.03. The summed E-state index contributed by atoms with van der Waals surface area (Å²) < 4.78 is 1.71. The Morgan fingerprint density at radius 3 is 3.17 bits per heavy atom. The van der Waals surface area contributed by atoms with Crippen molar-refractivity contribution in [2.24, 2.45) is 7.05 Å². The average Bonchev–Trinajstić information content (AvgIpc) is 3.19. The van der Waals surface area contributed by atoms with Gasteiger partial charge in [-0.25, -0.2) is 0 Å². The first-order valence-corrected chi connectivity index (χ1v) is 8.98. The molecule has 126 valence electrons. The van der Waals surface area contributed by atoms with Crippen LogP contribution in [0.2, 0.25) is 0 Å². The number of hydrogen-bond donors (Lipinski definition) is 2. The smallest absolute Gasteiger partial charge is 0.226 e. The fourth-order valence-corrected chi connectivity index (χ4v) is 4.03. The first kappa shape index (κ1) is 15.3. The van der Waals surface area contributed by atoms with Gasteiger partial charge in [-0.3, -0.25) is 9.58 Å². The molecule has 1 unspecified atom stereocenters. The molecule has 1 aliphatic heterocycles. The summed E-state index contributed by atoms with van der Waals surface area (Å²) in [5.41, 5.74) is 8.22. The molecule has 0 bridgehead atoms. The van der Waals surface area contributed by atoms with Crippen molar-refractivity contribution in [2.75, 3.05) is 24.1 Å². The minimum absolute atomic E-state index is 0.394. The standard InChI is InChI=1S/C16H21N7S/c1-10(23-5-3-13-11(9-23)4-6-24-13)7-18-16-20-14(17)12-8-19-22(2)15(12)21-16/h4,6,8,10H,3,5,7,9H2,1-2H3,(H3,17,18,20,21). The summed E-state index contributed by atoms with van der Waals surface area (Å²) in [6.45, 7) is 5.13. The molecule has 7 nitrogen and oxygen atoms in total. The Bertz CT molecular complexity index is 869. The lowest BCUT2D eigenvalue weighted by Gasteiger charge is -2.32. The molecular weight excluding hydrogens is 322 g/mol. The molecular formula is C16H21N7S. The Labute approximate surface area is 144 Å². The lowest BCUT2D eigenvalue weighted by molar-refractivity contribution is 0.200. The molecule has 0 radical (unpaired) electrons. The first-order valence-electron chi connectivity index (χ1n) is 8.10. The number of rotatable bonds is 4. The number of fused-ring (bicyclic) bond motifs is 2. The van der Waals surface area contributed by atoms with Crippen molar-refractivity contribution in [3.05, 3.63) is 28.1 Å². The third-order valence-corrected chi connectivity index (χ3v) is 5.66. The van der Waals surface area contributed by atoms with Crippen LogP contribution in [0.5, 0.6) is 0 Å². The summed E-state index contributed by atoms with van der Waals surface area (Å²) in [6, 6.07) is 2.64. The van der Waals surface area contributed by atoms with Crippen LogP contribution in [0, 0.1) is 0 Å². The molecule has 4 heterocycles. The molecule has 4 rings (SSSR count). The molecule has 8 heteroatoms. The van der Waals surface area contributed by atoms with Gasteiger partial charge in [0.15, 0.2) is 5.65 Å². The van der Waals surface area contributed by atoms with Gasteiger partial charge in [0.1, 0.15) is 5.82 Å². The van der Waals surface area contributed by atoms with Crippen LogP contribution < -0.4 is 11.1 Å². The zero-order valence-corrected chi connectivity index (χ0v) is 14.7. The molecule has 24 heavy (non-hydrogen) atoms. The minimum atomic E-state index is 0.394. The van der Waals surface area contributed by atoms with Gasteiger partial charge in [0, 0.05) is 37.6 Å². The number of nitrogens with zero attached hydrogens (tertiary/aromatic N) is 5. The van der Waals surface area contributed by atoms with Gasteiger partial charge < -0.3 is 11.1 Å². The van der Waals surface area contributed by atoms with Gasteiger partial charge in [-0.15, -0.1) is 11.3 Å². The largest absolute Gasteiger partial charge is 0.383 e. The Morgan fingerprint density at radius 1 is 1.42 bits per heavy atom. The van der Waals surface area contributed by atoms with E-state index in [1.54, 1.807) is 10.9 Å². The number of hydrogen-bond acceptors (Lipinski definition) is 7. The van der Waals surface area contributed by atoms with E-state index in [0.29, 0.717) is 17.8 Å². The van der Waals surface area contributed by atoms with Gasteiger partial charge in [-0.1, -0.05) is 0 Å². The lowest BCUT2D eigenvalue weighted by atomic mass is 10.1. The van der Waals surface area contributed by atoms with Crippen LogP contribution in [-0.4, -0.2) is 43.8 Å². The fraction of sp³-hybridized carbons (Fsp3) is 0.438. The maximum Gasteiger partial charge on any atom is 0.226 e. The Morgan fingerprint density at radius 2 is 2.29 bits per heavy atom. The predicted molar refractivity (Wildman–Crippen MR) is 97.1 cm³/mol. The first-order chi connectivity index (χ1) is 11.6. The van der Waals surface area contributed by atoms with E-state index in [9.17, 15) is 0 Å². The highest BCUT2D eigenvalue weighted by molar-refractivity contribution is 7.10. The van der Waals surface area contributed by atoms with Crippen LogP contribution in [0.1, 0.15) is 17.4 Å². The van der Waals surface area contributed by atoms with Crippen molar-refractivity contribution in [3.8, 4) is 0 Å². The predicted octanol–water partition coefficient (Wildman–Crippen LogP) is 1.87. The van der Waals surface area contributed by atoms with Crippen molar-refractivity contribution in [1.82, 2.24) is 24.6 Å². The number of nitrogens with two attached hydrogens (primary N) is 1. The summed E-state index contributed by atoms with van der Waals surface area (Å²) >= 11 is 1.87. The molecule has 0 saturated carbocycles. The van der Waals surface area contributed by atoms with E-state index in [1.165, 1.54) is 10.4 Å². The van der Waals surface area contributed by atoms with E-state index in [2.05, 4.69) is 43.7 Å². The van der Waals surface area contributed by atoms with Crippen molar-refractivity contribution in [2.45, 2.75) is 25.9 Å². The number of nitrogens with one attached hydrogen (secondary N) is 1. The summed E-state index contributed by atoms with van der Waals surface area (Å²) in [4.78, 5) is 12.9. The average molecular weight is 343 g/mol. The zero-order chi connectivity index (χ0) is 16.7. The lowest BCUT2D eigenvalue weighted by Crippen LogP contribution is -2.41. The van der Waals surface area contributed by atoms with Crippen LogP contribution in [0.4, 0.5) is 11.8 Å². The van der Waals surface area contributed by atoms with Crippen molar-refractivity contribution in [1.29, 1.82) is 0 Å².